The maximum Gasteiger partial charge on any atom is 0.314 e. The molecule has 0 radical (unpaired) electrons. The summed E-state index contributed by atoms with van der Waals surface area (Å²) in [4.78, 5) is 11.9. The number of ether oxygens (including phenoxy) is 2. The molecular formula is C18H23ClO4. The molecule has 1 unspecified atom stereocenters. The van der Waals surface area contributed by atoms with E-state index < -0.39 is 11.4 Å². The van der Waals surface area contributed by atoms with Crippen molar-refractivity contribution in [3.63, 3.8) is 0 Å². The van der Waals surface area contributed by atoms with Crippen molar-refractivity contribution in [3.8, 4) is 5.75 Å². The minimum atomic E-state index is -0.797. The molecule has 1 atom stereocenters. The highest BCUT2D eigenvalue weighted by atomic mass is 35.5. The van der Waals surface area contributed by atoms with E-state index in [4.69, 9.17) is 21.1 Å². The zero-order valence-electron chi connectivity index (χ0n) is 13.2. The first-order valence-electron chi connectivity index (χ1n) is 8.40. The van der Waals surface area contributed by atoms with Crippen LogP contribution in [0.15, 0.2) is 18.2 Å². The number of halogens is 1. The molecule has 2 fully saturated rings. The maximum absolute atomic E-state index is 11.9. The van der Waals surface area contributed by atoms with E-state index in [9.17, 15) is 9.90 Å². The zero-order chi connectivity index (χ0) is 16.3. The van der Waals surface area contributed by atoms with Crippen LogP contribution in [0.25, 0.3) is 0 Å². The Morgan fingerprint density at radius 2 is 2.04 bits per heavy atom. The van der Waals surface area contributed by atoms with Gasteiger partial charge < -0.3 is 14.6 Å². The second kappa shape index (κ2) is 7.10. The standard InChI is InChI=1S/C18H23ClO4/c19-15-11-13(18(17(20)21)8-2-1-3-9-18)6-7-16(15)23-14-5-4-10-22-12-14/h6-7,11,14H,1-5,8-10,12H2,(H,20,21). The van der Waals surface area contributed by atoms with Crippen molar-refractivity contribution in [2.24, 2.45) is 0 Å². The van der Waals surface area contributed by atoms with Crippen LogP contribution in [0.5, 0.6) is 5.75 Å². The Balaban J connectivity index is 1.81. The fraction of sp³-hybridized carbons (Fsp3) is 0.611. The Morgan fingerprint density at radius 1 is 1.26 bits per heavy atom. The van der Waals surface area contributed by atoms with Crippen molar-refractivity contribution in [2.75, 3.05) is 13.2 Å². The zero-order valence-corrected chi connectivity index (χ0v) is 14.0. The molecule has 2 aliphatic rings. The van der Waals surface area contributed by atoms with E-state index in [-0.39, 0.29) is 6.10 Å². The van der Waals surface area contributed by atoms with Gasteiger partial charge in [0.1, 0.15) is 11.9 Å². The van der Waals surface area contributed by atoms with Gasteiger partial charge in [0.25, 0.3) is 0 Å². The van der Waals surface area contributed by atoms with Gasteiger partial charge in [-0.2, -0.15) is 0 Å². The van der Waals surface area contributed by atoms with Crippen LogP contribution in [0.4, 0.5) is 0 Å². The summed E-state index contributed by atoms with van der Waals surface area (Å²) in [7, 11) is 0. The average molecular weight is 339 g/mol. The number of aliphatic carboxylic acids is 1. The minimum Gasteiger partial charge on any atom is -0.486 e. The molecule has 0 amide bonds. The lowest BCUT2D eigenvalue weighted by molar-refractivity contribution is -0.145. The van der Waals surface area contributed by atoms with Gasteiger partial charge >= 0.3 is 5.97 Å². The first kappa shape index (κ1) is 16.6. The lowest BCUT2D eigenvalue weighted by Crippen LogP contribution is -2.37. The Labute approximate surface area is 141 Å². The molecule has 1 aromatic carbocycles. The molecule has 5 heteroatoms. The Kier molecular flexibility index (Phi) is 5.12. The molecule has 1 N–H and O–H groups in total. The molecule has 4 nitrogen and oxygen atoms in total. The summed E-state index contributed by atoms with van der Waals surface area (Å²) in [6.45, 7) is 1.37. The minimum absolute atomic E-state index is 0.0233. The smallest absolute Gasteiger partial charge is 0.314 e. The van der Waals surface area contributed by atoms with Gasteiger partial charge in [-0.3, -0.25) is 4.79 Å². The summed E-state index contributed by atoms with van der Waals surface area (Å²) in [6.07, 6.45) is 6.31. The predicted octanol–water partition coefficient (Wildman–Crippen LogP) is 4.18. The second-order valence-corrected chi connectivity index (χ2v) is 6.96. The highest BCUT2D eigenvalue weighted by molar-refractivity contribution is 6.32. The van der Waals surface area contributed by atoms with Gasteiger partial charge in [0.2, 0.25) is 0 Å². The van der Waals surface area contributed by atoms with Crippen molar-refractivity contribution in [1.82, 2.24) is 0 Å². The monoisotopic (exact) mass is 338 g/mol. The van der Waals surface area contributed by atoms with Gasteiger partial charge in [-0.25, -0.2) is 0 Å². The van der Waals surface area contributed by atoms with Gasteiger partial charge in [0.05, 0.1) is 17.0 Å². The SMILES string of the molecule is O=C(O)C1(c2ccc(OC3CCCOC3)c(Cl)c2)CCCCC1. The van der Waals surface area contributed by atoms with E-state index in [1.54, 1.807) is 6.07 Å². The van der Waals surface area contributed by atoms with Gasteiger partial charge in [-0.1, -0.05) is 36.9 Å². The van der Waals surface area contributed by atoms with Crippen LogP contribution >= 0.6 is 11.6 Å². The first-order chi connectivity index (χ1) is 11.1. The van der Waals surface area contributed by atoms with Crippen LogP contribution in [0, 0.1) is 0 Å². The van der Waals surface area contributed by atoms with Crippen LogP contribution in [0.3, 0.4) is 0 Å². The summed E-state index contributed by atoms with van der Waals surface area (Å²) >= 11 is 6.38. The summed E-state index contributed by atoms with van der Waals surface area (Å²) in [5.41, 5.74) is -0.00379. The van der Waals surface area contributed by atoms with Gasteiger partial charge in [0, 0.05) is 6.61 Å². The summed E-state index contributed by atoms with van der Waals surface area (Å²) in [6, 6.07) is 5.45. The van der Waals surface area contributed by atoms with Gasteiger partial charge in [0.15, 0.2) is 0 Å². The highest BCUT2D eigenvalue weighted by Gasteiger charge is 2.41. The Morgan fingerprint density at radius 3 is 2.65 bits per heavy atom. The molecule has 3 rings (SSSR count). The number of benzene rings is 1. The van der Waals surface area contributed by atoms with Crippen LogP contribution < -0.4 is 4.74 Å². The third kappa shape index (κ3) is 3.48. The summed E-state index contributed by atoms with van der Waals surface area (Å²) < 4.78 is 11.3. The molecule has 0 spiro atoms. The molecule has 1 saturated heterocycles. The summed E-state index contributed by atoms with van der Waals surface area (Å²) in [5, 5.41) is 10.3. The number of carbonyl (C=O) groups is 1. The number of carboxylic acid groups (broad SMARTS) is 1. The lowest BCUT2D eigenvalue weighted by atomic mass is 9.69. The average Bonchev–Trinajstić information content (AvgIpc) is 2.58. The second-order valence-electron chi connectivity index (χ2n) is 6.55. The van der Waals surface area contributed by atoms with E-state index in [0.29, 0.717) is 30.2 Å². The number of hydrogen-bond donors (Lipinski definition) is 1. The van der Waals surface area contributed by atoms with Crippen LogP contribution in [0.2, 0.25) is 5.02 Å². The van der Waals surface area contributed by atoms with E-state index in [1.807, 2.05) is 12.1 Å². The fourth-order valence-electron chi connectivity index (χ4n) is 3.66. The third-order valence-electron chi connectivity index (χ3n) is 5.01. The lowest BCUT2D eigenvalue weighted by Gasteiger charge is -2.34. The highest BCUT2D eigenvalue weighted by Crippen LogP contribution is 2.42. The number of carboxylic acids is 1. The van der Waals surface area contributed by atoms with Crippen molar-refractivity contribution in [3.05, 3.63) is 28.8 Å². The van der Waals surface area contributed by atoms with Crippen molar-refractivity contribution in [2.45, 2.75) is 56.5 Å². The van der Waals surface area contributed by atoms with Crippen LogP contribution in [-0.4, -0.2) is 30.4 Å². The normalized spacial score (nSPS) is 24.1. The van der Waals surface area contributed by atoms with Crippen LogP contribution in [-0.2, 0) is 14.9 Å². The first-order valence-corrected chi connectivity index (χ1v) is 8.77. The quantitative estimate of drug-likeness (QED) is 0.894. The molecule has 1 aliphatic carbocycles. The van der Waals surface area contributed by atoms with E-state index >= 15 is 0 Å². The molecule has 1 heterocycles. The van der Waals surface area contributed by atoms with Gasteiger partial charge in [-0.05, 0) is 43.4 Å². The molecule has 126 valence electrons. The Hall–Kier alpha value is -1.26. The number of rotatable bonds is 4. The molecule has 23 heavy (non-hydrogen) atoms. The number of hydrogen-bond acceptors (Lipinski definition) is 3. The molecule has 0 aromatic heterocycles. The third-order valence-corrected chi connectivity index (χ3v) is 5.31. The molecule has 0 bridgehead atoms. The topological polar surface area (TPSA) is 55.8 Å². The van der Waals surface area contributed by atoms with Gasteiger partial charge in [-0.15, -0.1) is 0 Å². The van der Waals surface area contributed by atoms with Crippen LogP contribution in [0.1, 0.15) is 50.5 Å². The van der Waals surface area contributed by atoms with Crippen molar-refractivity contribution < 1.29 is 19.4 Å². The van der Waals surface area contributed by atoms with E-state index in [0.717, 1.165) is 44.3 Å². The van der Waals surface area contributed by atoms with Crippen molar-refractivity contribution in [1.29, 1.82) is 0 Å². The molecule has 1 saturated carbocycles. The maximum atomic E-state index is 11.9. The van der Waals surface area contributed by atoms with E-state index in [2.05, 4.69) is 0 Å². The predicted molar refractivity (Wildman–Crippen MR) is 88.3 cm³/mol. The summed E-state index contributed by atoms with van der Waals surface area (Å²) in [5.74, 6) is -0.134. The largest absolute Gasteiger partial charge is 0.486 e. The van der Waals surface area contributed by atoms with E-state index in [1.165, 1.54) is 0 Å². The fourth-order valence-corrected chi connectivity index (χ4v) is 3.88. The molecule has 1 aliphatic heterocycles. The molecule has 1 aromatic rings. The molecular weight excluding hydrogens is 316 g/mol. The Bertz CT molecular complexity index is 560. The van der Waals surface area contributed by atoms with Crippen molar-refractivity contribution >= 4 is 17.6 Å².